The Balaban J connectivity index is 2.77. The molecule has 0 bridgehead atoms. The van der Waals surface area contributed by atoms with Crippen molar-refractivity contribution in [2.45, 2.75) is 25.6 Å². The van der Waals surface area contributed by atoms with Gasteiger partial charge in [0.15, 0.2) is 0 Å². The second kappa shape index (κ2) is 6.97. The molecule has 1 aromatic carbocycles. The van der Waals surface area contributed by atoms with E-state index in [-0.39, 0.29) is 0 Å². The molecule has 0 fully saturated rings. The van der Waals surface area contributed by atoms with E-state index in [0.29, 0.717) is 18.4 Å². The minimum Gasteiger partial charge on any atom is -0.494 e. The summed E-state index contributed by atoms with van der Waals surface area (Å²) in [6.45, 7) is 2.64. The van der Waals surface area contributed by atoms with E-state index >= 15 is 0 Å². The van der Waals surface area contributed by atoms with Gasteiger partial charge in [0.25, 0.3) is 0 Å². The number of benzene rings is 1. The van der Waals surface area contributed by atoms with E-state index in [1.165, 1.54) is 5.56 Å². The number of rotatable bonds is 6. The van der Waals surface area contributed by atoms with Gasteiger partial charge in [-0.1, -0.05) is 12.1 Å². The van der Waals surface area contributed by atoms with Gasteiger partial charge in [0.05, 0.1) is 12.5 Å². The summed E-state index contributed by atoms with van der Waals surface area (Å²) in [7, 11) is 0. The normalized spacial score (nSPS) is 10.3. The molecular weight excluding hydrogens is 231 g/mol. The van der Waals surface area contributed by atoms with Crippen LogP contribution in [0.1, 0.15) is 24.5 Å². The second-order valence-corrected chi connectivity index (χ2v) is 3.95. The molecule has 0 atom stereocenters. The Bertz CT molecular complexity index is 300. The summed E-state index contributed by atoms with van der Waals surface area (Å²) in [5, 5.41) is 0. The van der Waals surface area contributed by atoms with Crippen molar-refractivity contribution in [3.8, 4) is 5.75 Å². The van der Waals surface area contributed by atoms with Gasteiger partial charge in [-0.15, -0.1) is 23.2 Å². The Morgan fingerprint density at radius 2 is 2.07 bits per heavy atom. The van der Waals surface area contributed by atoms with Gasteiger partial charge in [-0.25, -0.2) is 0 Å². The summed E-state index contributed by atoms with van der Waals surface area (Å²) in [6, 6.07) is 6.17. The van der Waals surface area contributed by atoms with Crippen molar-refractivity contribution in [3.05, 3.63) is 29.3 Å². The first-order valence-electron chi connectivity index (χ1n) is 5.18. The Labute approximate surface area is 101 Å². The largest absolute Gasteiger partial charge is 0.494 e. The van der Waals surface area contributed by atoms with Crippen LogP contribution in [-0.4, -0.2) is 12.5 Å². The fourth-order valence-electron chi connectivity index (χ4n) is 1.46. The zero-order chi connectivity index (χ0) is 11.1. The Hall–Kier alpha value is -0.400. The fraction of sp³-hybridized carbons (Fsp3) is 0.500. The first-order chi connectivity index (χ1) is 7.31. The molecule has 0 saturated carbocycles. The van der Waals surface area contributed by atoms with Gasteiger partial charge in [-0.2, -0.15) is 0 Å². The molecule has 0 saturated heterocycles. The van der Waals surface area contributed by atoms with Crippen molar-refractivity contribution in [2.75, 3.05) is 12.5 Å². The molecule has 3 heteroatoms. The van der Waals surface area contributed by atoms with Crippen LogP contribution in [0, 0.1) is 0 Å². The van der Waals surface area contributed by atoms with Gasteiger partial charge in [-0.3, -0.25) is 0 Å². The lowest BCUT2D eigenvalue weighted by molar-refractivity contribution is 0.337. The number of hydrogen-bond acceptors (Lipinski definition) is 1. The second-order valence-electron chi connectivity index (χ2n) is 3.30. The van der Waals surface area contributed by atoms with E-state index in [0.717, 1.165) is 24.2 Å². The van der Waals surface area contributed by atoms with Crippen LogP contribution < -0.4 is 4.74 Å². The highest BCUT2D eigenvalue weighted by atomic mass is 35.5. The first-order valence-corrected chi connectivity index (χ1v) is 6.25. The SMILES string of the molecule is CCOc1ccc(CCCCl)cc1CCl. The molecule has 15 heavy (non-hydrogen) atoms. The van der Waals surface area contributed by atoms with Crippen LogP contribution in [0.15, 0.2) is 18.2 Å². The van der Waals surface area contributed by atoms with Crippen molar-refractivity contribution in [1.82, 2.24) is 0 Å². The molecule has 0 aromatic heterocycles. The first kappa shape index (κ1) is 12.7. The minimum atomic E-state index is 0.490. The minimum absolute atomic E-state index is 0.490. The lowest BCUT2D eigenvalue weighted by Crippen LogP contribution is -1.97. The van der Waals surface area contributed by atoms with Gasteiger partial charge in [0.2, 0.25) is 0 Å². The Morgan fingerprint density at radius 3 is 2.67 bits per heavy atom. The van der Waals surface area contributed by atoms with Crippen LogP contribution in [0.2, 0.25) is 0 Å². The monoisotopic (exact) mass is 246 g/mol. The predicted molar refractivity (Wildman–Crippen MR) is 66.2 cm³/mol. The van der Waals surface area contributed by atoms with Crippen LogP contribution in [0.4, 0.5) is 0 Å². The number of ether oxygens (including phenoxy) is 1. The van der Waals surface area contributed by atoms with Crippen LogP contribution in [0.5, 0.6) is 5.75 Å². The molecule has 0 amide bonds. The van der Waals surface area contributed by atoms with Gasteiger partial charge < -0.3 is 4.74 Å². The number of hydrogen-bond donors (Lipinski definition) is 0. The van der Waals surface area contributed by atoms with Crippen LogP contribution in [0.25, 0.3) is 0 Å². The molecule has 1 aromatic rings. The summed E-state index contributed by atoms with van der Waals surface area (Å²) >= 11 is 11.5. The molecule has 0 radical (unpaired) electrons. The lowest BCUT2D eigenvalue weighted by Gasteiger charge is -2.09. The topological polar surface area (TPSA) is 9.23 Å². The maximum Gasteiger partial charge on any atom is 0.123 e. The fourth-order valence-corrected chi connectivity index (χ4v) is 1.80. The van der Waals surface area contributed by atoms with Crippen molar-refractivity contribution in [1.29, 1.82) is 0 Å². The average Bonchev–Trinajstić information content (AvgIpc) is 2.28. The van der Waals surface area contributed by atoms with Gasteiger partial charge in [-0.05, 0) is 31.4 Å². The van der Waals surface area contributed by atoms with Crippen molar-refractivity contribution < 1.29 is 4.74 Å². The molecule has 1 nitrogen and oxygen atoms in total. The third-order valence-electron chi connectivity index (χ3n) is 2.17. The Morgan fingerprint density at radius 1 is 1.27 bits per heavy atom. The van der Waals surface area contributed by atoms with Crippen LogP contribution in [-0.2, 0) is 12.3 Å². The molecule has 0 aliphatic heterocycles. The van der Waals surface area contributed by atoms with E-state index in [9.17, 15) is 0 Å². The molecule has 0 aliphatic rings. The summed E-state index contributed by atoms with van der Waals surface area (Å²) < 4.78 is 5.48. The zero-order valence-corrected chi connectivity index (χ0v) is 10.4. The van der Waals surface area contributed by atoms with Crippen molar-refractivity contribution in [2.24, 2.45) is 0 Å². The van der Waals surface area contributed by atoms with Crippen LogP contribution >= 0.6 is 23.2 Å². The quantitative estimate of drug-likeness (QED) is 0.690. The molecule has 1 rings (SSSR count). The van der Waals surface area contributed by atoms with Gasteiger partial charge in [0, 0.05) is 11.4 Å². The smallest absolute Gasteiger partial charge is 0.123 e. The highest BCUT2D eigenvalue weighted by Gasteiger charge is 2.03. The number of alkyl halides is 2. The van der Waals surface area contributed by atoms with E-state index in [1.807, 2.05) is 13.0 Å². The lowest BCUT2D eigenvalue weighted by atomic mass is 10.1. The number of halogens is 2. The third kappa shape index (κ3) is 3.92. The van der Waals surface area contributed by atoms with E-state index < -0.39 is 0 Å². The molecule has 0 heterocycles. The summed E-state index contributed by atoms with van der Waals surface area (Å²) in [6.07, 6.45) is 2.00. The summed E-state index contributed by atoms with van der Waals surface area (Å²) in [5.41, 5.74) is 2.33. The molecule has 0 aliphatic carbocycles. The van der Waals surface area contributed by atoms with Gasteiger partial charge >= 0.3 is 0 Å². The van der Waals surface area contributed by atoms with Crippen molar-refractivity contribution in [3.63, 3.8) is 0 Å². The molecule has 0 spiro atoms. The zero-order valence-electron chi connectivity index (χ0n) is 8.93. The maximum absolute atomic E-state index is 5.87. The van der Waals surface area contributed by atoms with E-state index in [4.69, 9.17) is 27.9 Å². The summed E-state index contributed by atoms with van der Waals surface area (Å²) in [5.74, 6) is 2.08. The maximum atomic E-state index is 5.87. The molecule has 0 N–H and O–H groups in total. The molecule has 84 valence electrons. The highest BCUT2D eigenvalue weighted by Crippen LogP contribution is 2.22. The molecular formula is C12H16Cl2O. The third-order valence-corrected chi connectivity index (χ3v) is 2.72. The highest BCUT2D eigenvalue weighted by molar-refractivity contribution is 6.17. The standard InChI is InChI=1S/C12H16Cl2O/c1-2-15-12-6-5-10(4-3-7-13)8-11(12)9-14/h5-6,8H,2-4,7,9H2,1H3. The van der Waals surface area contributed by atoms with Crippen molar-refractivity contribution >= 4 is 23.2 Å². The Kier molecular flexibility index (Phi) is 5.89. The van der Waals surface area contributed by atoms with E-state index in [1.54, 1.807) is 0 Å². The van der Waals surface area contributed by atoms with E-state index in [2.05, 4.69) is 12.1 Å². The average molecular weight is 247 g/mol. The number of aryl methyl sites for hydroxylation is 1. The molecule has 0 unspecified atom stereocenters. The summed E-state index contributed by atoms with van der Waals surface area (Å²) in [4.78, 5) is 0. The predicted octanol–water partition coefficient (Wildman–Crippen LogP) is 4.00. The van der Waals surface area contributed by atoms with Gasteiger partial charge in [0.1, 0.15) is 5.75 Å². The van der Waals surface area contributed by atoms with Crippen LogP contribution in [0.3, 0.4) is 0 Å².